The number of hydrogen-bond donors (Lipinski definition) is 0. The number of benzene rings is 1. The second-order valence-corrected chi connectivity index (χ2v) is 5.30. The summed E-state index contributed by atoms with van der Waals surface area (Å²) in [4.78, 5) is 2.36. The minimum Gasteiger partial charge on any atom is -0.383 e. The van der Waals surface area contributed by atoms with E-state index in [9.17, 15) is 0 Å². The van der Waals surface area contributed by atoms with Crippen molar-refractivity contribution in [3.05, 3.63) is 28.8 Å². The highest BCUT2D eigenvalue weighted by molar-refractivity contribution is 9.08. The van der Waals surface area contributed by atoms with Gasteiger partial charge < -0.3 is 9.64 Å². The number of methoxy groups -OCH3 is 1. The highest BCUT2D eigenvalue weighted by atomic mass is 79.9. The van der Waals surface area contributed by atoms with E-state index in [4.69, 9.17) is 16.3 Å². The van der Waals surface area contributed by atoms with Crippen LogP contribution in [-0.2, 0) is 10.1 Å². The van der Waals surface area contributed by atoms with Gasteiger partial charge in [0.05, 0.1) is 17.3 Å². The molecule has 0 radical (unpaired) electrons. The predicted octanol–water partition coefficient (Wildman–Crippen LogP) is 3.85. The molecule has 0 amide bonds. The molecule has 94 valence electrons. The van der Waals surface area contributed by atoms with E-state index < -0.39 is 0 Å². The molecule has 2 nitrogen and oxygen atoms in total. The van der Waals surface area contributed by atoms with Gasteiger partial charge >= 0.3 is 0 Å². The monoisotopic (exact) mass is 317 g/mol. The minimum absolute atomic E-state index is 0.650. The smallest absolute Gasteiger partial charge is 0.0642 e. The largest absolute Gasteiger partial charge is 0.383 e. The minimum atomic E-state index is 0.650. The van der Waals surface area contributed by atoms with Crippen LogP contribution in [-0.4, -0.2) is 26.3 Å². The molecular weight excluding hydrogens is 302 g/mol. The molecule has 1 fully saturated rings. The molecule has 4 heteroatoms. The molecule has 1 aromatic carbocycles. The van der Waals surface area contributed by atoms with Crippen LogP contribution in [0.3, 0.4) is 0 Å². The van der Waals surface area contributed by atoms with Crippen molar-refractivity contribution in [3.8, 4) is 0 Å². The molecule has 0 saturated heterocycles. The first-order chi connectivity index (χ1) is 8.26. The van der Waals surface area contributed by atoms with Gasteiger partial charge in [0.15, 0.2) is 0 Å². The molecule has 0 unspecified atom stereocenters. The Morgan fingerprint density at radius 1 is 1.47 bits per heavy atom. The second-order valence-electron chi connectivity index (χ2n) is 4.34. The van der Waals surface area contributed by atoms with Crippen LogP contribution in [0.15, 0.2) is 18.2 Å². The first kappa shape index (κ1) is 13.2. The topological polar surface area (TPSA) is 12.5 Å². The van der Waals surface area contributed by atoms with Crippen LogP contribution in [0.25, 0.3) is 0 Å². The van der Waals surface area contributed by atoms with Gasteiger partial charge in [-0.3, -0.25) is 0 Å². The molecule has 1 aliphatic carbocycles. The number of nitrogens with zero attached hydrogens (tertiary/aromatic N) is 1. The van der Waals surface area contributed by atoms with Crippen LogP contribution in [0.4, 0.5) is 5.69 Å². The maximum Gasteiger partial charge on any atom is 0.0642 e. The molecule has 0 N–H and O–H groups in total. The Morgan fingerprint density at radius 3 is 2.76 bits per heavy atom. The molecule has 0 aliphatic heterocycles. The summed E-state index contributed by atoms with van der Waals surface area (Å²) in [5.74, 6) is 0. The zero-order valence-electron chi connectivity index (χ0n) is 9.96. The summed E-state index contributed by atoms with van der Waals surface area (Å²) in [7, 11) is 1.74. The van der Waals surface area contributed by atoms with E-state index in [2.05, 4.69) is 33.0 Å². The number of halogens is 2. The molecular formula is C13H17BrClNO. The average molecular weight is 319 g/mol. The lowest BCUT2D eigenvalue weighted by molar-refractivity contribution is 0.205. The van der Waals surface area contributed by atoms with Gasteiger partial charge in [-0.15, -0.1) is 0 Å². The molecule has 1 saturated carbocycles. The first-order valence-electron chi connectivity index (χ1n) is 5.86. The Labute approximate surface area is 116 Å². The Bertz CT molecular complexity index is 382. The number of ether oxygens (including phenoxy) is 1. The average Bonchev–Trinajstić information content (AvgIpc) is 3.15. The van der Waals surface area contributed by atoms with E-state index in [1.165, 1.54) is 18.4 Å². The third kappa shape index (κ3) is 3.36. The van der Waals surface area contributed by atoms with Gasteiger partial charge in [-0.2, -0.15) is 0 Å². The lowest BCUT2D eigenvalue weighted by atomic mass is 10.2. The van der Waals surface area contributed by atoms with Crippen molar-refractivity contribution in [2.75, 3.05) is 25.2 Å². The maximum absolute atomic E-state index is 6.35. The van der Waals surface area contributed by atoms with Crippen molar-refractivity contribution < 1.29 is 4.74 Å². The normalized spacial score (nSPS) is 15.0. The number of rotatable bonds is 6. The quantitative estimate of drug-likeness (QED) is 0.739. The van der Waals surface area contributed by atoms with E-state index >= 15 is 0 Å². The van der Waals surface area contributed by atoms with Crippen LogP contribution in [0.5, 0.6) is 0 Å². The fourth-order valence-electron chi connectivity index (χ4n) is 1.94. The molecule has 0 atom stereocenters. The molecule has 0 heterocycles. The van der Waals surface area contributed by atoms with E-state index in [0.717, 1.165) is 29.2 Å². The van der Waals surface area contributed by atoms with E-state index in [1.807, 2.05) is 6.07 Å². The summed E-state index contributed by atoms with van der Waals surface area (Å²) in [6.07, 6.45) is 2.53. The summed E-state index contributed by atoms with van der Waals surface area (Å²) in [5.41, 5.74) is 2.34. The van der Waals surface area contributed by atoms with Gasteiger partial charge in [0.2, 0.25) is 0 Å². The standard InChI is InChI=1S/C13H17BrClNO/c1-17-7-6-16(11-3-4-11)13-5-2-10(9-14)8-12(13)15/h2,5,8,11H,3-4,6-7,9H2,1H3. The maximum atomic E-state index is 6.35. The van der Waals surface area contributed by atoms with Crippen molar-refractivity contribution >= 4 is 33.2 Å². The first-order valence-corrected chi connectivity index (χ1v) is 7.36. The van der Waals surface area contributed by atoms with Gasteiger partial charge in [0, 0.05) is 25.0 Å². The summed E-state index contributed by atoms with van der Waals surface area (Å²) >= 11 is 9.79. The third-order valence-corrected chi connectivity index (χ3v) is 3.95. The van der Waals surface area contributed by atoms with Crippen LogP contribution in [0.2, 0.25) is 5.02 Å². The molecule has 1 aliphatic rings. The number of alkyl halides is 1. The van der Waals surface area contributed by atoms with Gasteiger partial charge in [-0.05, 0) is 30.5 Å². The SMILES string of the molecule is COCCN(c1ccc(CBr)cc1Cl)C1CC1. The Kier molecular flexibility index (Phi) is 4.71. The fraction of sp³-hybridized carbons (Fsp3) is 0.538. The molecule has 0 spiro atoms. The van der Waals surface area contributed by atoms with E-state index in [1.54, 1.807) is 7.11 Å². The summed E-state index contributed by atoms with van der Waals surface area (Å²) in [6, 6.07) is 6.93. The van der Waals surface area contributed by atoms with E-state index in [0.29, 0.717) is 6.04 Å². The molecule has 17 heavy (non-hydrogen) atoms. The zero-order chi connectivity index (χ0) is 12.3. The number of hydrogen-bond acceptors (Lipinski definition) is 2. The van der Waals surface area contributed by atoms with Crippen LogP contribution in [0.1, 0.15) is 18.4 Å². The van der Waals surface area contributed by atoms with Crippen LogP contribution in [0, 0.1) is 0 Å². The Hall–Kier alpha value is -0.250. The Morgan fingerprint density at radius 2 is 2.24 bits per heavy atom. The van der Waals surface area contributed by atoms with Crippen LogP contribution < -0.4 is 4.90 Å². The molecule has 1 aromatic rings. The fourth-order valence-corrected chi connectivity index (χ4v) is 2.60. The van der Waals surface area contributed by atoms with Crippen molar-refractivity contribution in [3.63, 3.8) is 0 Å². The van der Waals surface area contributed by atoms with Crippen LogP contribution >= 0.6 is 27.5 Å². The summed E-state index contributed by atoms with van der Waals surface area (Å²) < 4.78 is 5.16. The van der Waals surface area contributed by atoms with Crippen molar-refractivity contribution in [2.45, 2.75) is 24.2 Å². The van der Waals surface area contributed by atoms with Gasteiger partial charge in [-0.1, -0.05) is 33.6 Å². The van der Waals surface area contributed by atoms with Gasteiger partial charge in [0.25, 0.3) is 0 Å². The summed E-state index contributed by atoms with van der Waals surface area (Å²) in [6.45, 7) is 1.65. The van der Waals surface area contributed by atoms with Crippen molar-refractivity contribution in [2.24, 2.45) is 0 Å². The third-order valence-electron chi connectivity index (χ3n) is 3.00. The lowest BCUT2D eigenvalue weighted by Gasteiger charge is -2.25. The lowest BCUT2D eigenvalue weighted by Crippen LogP contribution is -2.29. The predicted molar refractivity (Wildman–Crippen MR) is 76.3 cm³/mol. The van der Waals surface area contributed by atoms with Crippen molar-refractivity contribution in [1.29, 1.82) is 0 Å². The number of anilines is 1. The van der Waals surface area contributed by atoms with E-state index in [-0.39, 0.29) is 0 Å². The zero-order valence-corrected chi connectivity index (χ0v) is 12.3. The highest BCUT2D eigenvalue weighted by Gasteiger charge is 2.29. The Balaban J connectivity index is 2.16. The highest BCUT2D eigenvalue weighted by Crippen LogP contribution is 2.36. The molecule has 0 aromatic heterocycles. The summed E-state index contributed by atoms with van der Waals surface area (Å²) in [5, 5.41) is 1.68. The second kappa shape index (κ2) is 6.07. The van der Waals surface area contributed by atoms with Gasteiger partial charge in [0.1, 0.15) is 0 Å². The molecule has 0 bridgehead atoms. The van der Waals surface area contributed by atoms with Gasteiger partial charge in [-0.25, -0.2) is 0 Å². The molecule has 2 rings (SSSR count). The van der Waals surface area contributed by atoms with Crippen molar-refractivity contribution in [1.82, 2.24) is 0 Å².